The molecule has 5 heteroatoms. The highest BCUT2D eigenvalue weighted by Gasteiger charge is 2.42. The topological polar surface area (TPSA) is 20.3 Å². The molecule has 1 atom stereocenters. The molecule has 0 saturated heterocycles. The number of hydrogen-bond donors (Lipinski definition) is 0. The molecule has 0 fully saturated rings. The number of fused-ring (bicyclic) bond motifs is 1. The zero-order valence-corrected chi connectivity index (χ0v) is 8.58. The van der Waals surface area contributed by atoms with Crippen molar-refractivity contribution in [3.8, 4) is 0 Å². The van der Waals surface area contributed by atoms with Crippen molar-refractivity contribution >= 4 is 11.6 Å². The average Bonchev–Trinajstić information content (AvgIpc) is 2.43. The van der Waals surface area contributed by atoms with E-state index in [0.29, 0.717) is 11.3 Å². The van der Waals surface area contributed by atoms with E-state index in [0.717, 1.165) is 0 Å². The number of amides is 1. The summed E-state index contributed by atoms with van der Waals surface area (Å²) in [6.07, 6.45) is -5.41. The molecule has 0 aromatic heterocycles. The van der Waals surface area contributed by atoms with Gasteiger partial charge in [-0.25, -0.2) is 0 Å². The van der Waals surface area contributed by atoms with Crippen LogP contribution in [0.4, 0.5) is 18.9 Å². The number of rotatable bonds is 1. The third-order valence-corrected chi connectivity index (χ3v) is 2.74. The summed E-state index contributed by atoms with van der Waals surface area (Å²) in [6, 6.07) is 6.59. The van der Waals surface area contributed by atoms with Gasteiger partial charge in [-0.2, -0.15) is 13.2 Å². The van der Waals surface area contributed by atoms with Crippen LogP contribution in [0, 0.1) is 0 Å². The summed E-state index contributed by atoms with van der Waals surface area (Å²) >= 11 is 0. The first-order chi connectivity index (χ1) is 7.40. The first kappa shape index (κ1) is 11.0. The largest absolute Gasteiger partial charge is 0.390 e. The predicted molar refractivity (Wildman–Crippen MR) is 53.3 cm³/mol. The number of alkyl halides is 3. The highest BCUT2D eigenvalue weighted by Crippen LogP contribution is 2.41. The number of likely N-dealkylation sites (N-methyl/N-ethyl adjacent to an activating group) is 1. The third kappa shape index (κ3) is 1.77. The molecule has 0 aliphatic carbocycles. The first-order valence-corrected chi connectivity index (χ1v) is 4.83. The number of carbonyl (C=O) groups is 1. The minimum atomic E-state index is -4.32. The lowest BCUT2D eigenvalue weighted by atomic mass is 9.97. The number of anilines is 1. The van der Waals surface area contributed by atoms with Gasteiger partial charge in [-0.15, -0.1) is 0 Å². The van der Waals surface area contributed by atoms with Gasteiger partial charge in [0, 0.05) is 12.7 Å². The van der Waals surface area contributed by atoms with E-state index in [2.05, 4.69) is 0 Å². The number of halogens is 3. The van der Waals surface area contributed by atoms with Gasteiger partial charge in [-0.1, -0.05) is 18.2 Å². The summed E-state index contributed by atoms with van der Waals surface area (Å²) in [5.41, 5.74) is 1.04. The van der Waals surface area contributed by atoms with Crippen molar-refractivity contribution in [2.75, 3.05) is 11.9 Å². The van der Waals surface area contributed by atoms with Crippen molar-refractivity contribution in [3.63, 3.8) is 0 Å². The zero-order chi connectivity index (χ0) is 11.9. The van der Waals surface area contributed by atoms with Crippen LogP contribution in [0.2, 0.25) is 0 Å². The molecule has 0 radical (unpaired) electrons. The van der Waals surface area contributed by atoms with E-state index in [4.69, 9.17) is 0 Å². The van der Waals surface area contributed by atoms with Gasteiger partial charge < -0.3 is 4.90 Å². The SMILES string of the molecule is CN1C(=O)C(CC(F)(F)F)c2ccccc21. The predicted octanol–water partition coefficient (Wildman–Crippen LogP) is 2.70. The summed E-state index contributed by atoms with van der Waals surface area (Å²) in [6.45, 7) is 0. The van der Waals surface area contributed by atoms with E-state index < -0.39 is 24.4 Å². The molecule has 2 rings (SSSR count). The fourth-order valence-electron chi connectivity index (χ4n) is 2.00. The number of hydrogen-bond acceptors (Lipinski definition) is 1. The van der Waals surface area contributed by atoms with Crippen LogP contribution in [0.5, 0.6) is 0 Å². The summed E-state index contributed by atoms with van der Waals surface area (Å²) in [5.74, 6) is -1.57. The minimum Gasteiger partial charge on any atom is -0.315 e. The number of benzene rings is 1. The zero-order valence-electron chi connectivity index (χ0n) is 8.58. The van der Waals surface area contributed by atoms with E-state index in [1.165, 1.54) is 11.9 Å². The van der Waals surface area contributed by atoms with Crippen molar-refractivity contribution in [2.45, 2.75) is 18.5 Å². The maximum atomic E-state index is 12.3. The molecule has 1 aliphatic heterocycles. The standard InChI is InChI=1S/C11H10F3NO/c1-15-9-5-3-2-4-7(9)8(10(15)16)6-11(12,13)14/h2-5,8H,6H2,1H3. The fourth-order valence-corrected chi connectivity index (χ4v) is 2.00. The van der Waals surface area contributed by atoms with Crippen molar-refractivity contribution in [3.05, 3.63) is 29.8 Å². The molecule has 16 heavy (non-hydrogen) atoms. The van der Waals surface area contributed by atoms with E-state index in [1.54, 1.807) is 24.3 Å². The summed E-state index contributed by atoms with van der Waals surface area (Å²) < 4.78 is 37.0. The molecule has 0 saturated carbocycles. The van der Waals surface area contributed by atoms with E-state index in [9.17, 15) is 18.0 Å². The van der Waals surface area contributed by atoms with Gasteiger partial charge in [0.05, 0.1) is 12.3 Å². The molecule has 2 nitrogen and oxygen atoms in total. The van der Waals surface area contributed by atoms with Crippen LogP contribution in [0.1, 0.15) is 17.9 Å². The molecule has 1 amide bonds. The number of carbonyl (C=O) groups excluding carboxylic acids is 1. The highest BCUT2D eigenvalue weighted by molar-refractivity contribution is 6.04. The van der Waals surface area contributed by atoms with Crippen LogP contribution in [0.15, 0.2) is 24.3 Å². The van der Waals surface area contributed by atoms with Gasteiger partial charge in [0.1, 0.15) is 0 Å². The highest BCUT2D eigenvalue weighted by atomic mass is 19.4. The fraction of sp³-hybridized carbons (Fsp3) is 0.364. The summed E-state index contributed by atoms with van der Waals surface area (Å²) in [5, 5.41) is 0. The molecule has 1 heterocycles. The van der Waals surface area contributed by atoms with Crippen molar-refractivity contribution in [1.29, 1.82) is 0 Å². The van der Waals surface area contributed by atoms with Crippen LogP contribution in [-0.2, 0) is 4.79 Å². The maximum Gasteiger partial charge on any atom is 0.390 e. The van der Waals surface area contributed by atoms with E-state index >= 15 is 0 Å². The molecule has 0 N–H and O–H groups in total. The van der Waals surface area contributed by atoms with Crippen molar-refractivity contribution in [1.82, 2.24) is 0 Å². The van der Waals surface area contributed by atoms with Gasteiger partial charge in [0.25, 0.3) is 0 Å². The monoisotopic (exact) mass is 229 g/mol. The Morgan fingerprint density at radius 2 is 1.94 bits per heavy atom. The Labute approximate surface area is 90.7 Å². The molecule has 86 valence electrons. The van der Waals surface area contributed by atoms with Crippen LogP contribution in [-0.4, -0.2) is 19.1 Å². The minimum absolute atomic E-state index is 0.465. The Kier molecular flexibility index (Phi) is 2.40. The lowest BCUT2D eigenvalue weighted by Crippen LogP contribution is -2.26. The smallest absolute Gasteiger partial charge is 0.315 e. The quantitative estimate of drug-likeness (QED) is 0.725. The molecule has 1 aromatic carbocycles. The molecule has 0 bridgehead atoms. The Bertz CT molecular complexity index is 427. The second-order valence-electron chi connectivity index (χ2n) is 3.83. The lowest BCUT2D eigenvalue weighted by molar-refractivity contribution is -0.146. The van der Waals surface area contributed by atoms with Crippen LogP contribution >= 0.6 is 0 Å². The first-order valence-electron chi connectivity index (χ1n) is 4.83. The normalized spacial score (nSPS) is 20.1. The third-order valence-electron chi connectivity index (χ3n) is 2.74. The Hall–Kier alpha value is -1.52. The molecule has 0 spiro atoms. The molecular formula is C11H10F3NO. The molecule has 1 aliphatic rings. The van der Waals surface area contributed by atoms with Gasteiger partial charge >= 0.3 is 6.18 Å². The van der Waals surface area contributed by atoms with Crippen LogP contribution in [0.25, 0.3) is 0 Å². The van der Waals surface area contributed by atoms with Gasteiger partial charge in [-0.05, 0) is 11.6 Å². The van der Waals surface area contributed by atoms with Crippen molar-refractivity contribution < 1.29 is 18.0 Å². The Morgan fingerprint density at radius 1 is 1.31 bits per heavy atom. The number of nitrogens with zero attached hydrogens (tertiary/aromatic N) is 1. The molecule has 1 unspecified atom stereocenters. The van der Waals surface area contributed by atoms with Crippen LogP contribution < -0.4 is 4.90 Å². The molecule has 1 aromatic rings. The lowest BCUT2D eigenvalue weighted by Gasteiger charge is -2.12. The average molecular weight is 229 g/mol. The van der Waals surface area contributed by atoms with Crippen molar-refractivity contribution in [2.24, 2.45) is 0 Å². The van der Waals surface area contributed by atoms with Gasteiger partial charge in [0.2, 0.25) is 5.91 Å². The summed E-state index contributed by atoms with van der Waals surface area (Å²) in [7, 11) is 1.50. The Morgan fingerprint density at radius 3 is 2.56 bits per heavy atom. The van der Waals surface area contributed by atoms with Crippen LogP contribution in [0.3, 0.4) is 0 Å². The second-order valence-corrected chi connectivity index (χ2v) is 3.83. The van der Waals surface area contributed by atoms with E-state index in [-0.39, 0.29) is 0 Å². The summed E-state index contributed by atoms with van der Waals surface area (Å²) in [4.78, 5) is 12.9. The van der Waals surface area contributed by atoms with E-state index in [1.807, 2.05) is 0 Å². The van der Waals surface area contributed by atoms with Gasteiger partial charge in [-0.3, -0.25) is 4.79 Å². The maximum absolute atomic E-state index is 12.3. The Balaban J connectivity index is 2.38. The second kappa shape index (κ2) is 3.50. The molecular weight excluding hydrogens is 219 g/mol. The number of para-hydroxylation sites is 1. The van der Waals surface area contributed by atoms with Gasteiger partial charge in [0.15, 0.2) is 0 Å².